The van der Waals surface area contributed by atoms with Crippen LogP contribution in [0.25, 0.3) is 10.9 Å². The summed E-state index contributed by atoms with van der Waals surface area (Å²) >= 11 is 0. The number of anilines is 1. The average Bonchev–Trinajstić information content (AvgIpc) is 2.96. The molecule has 0 unspecified atom stereocenters. The Balaban J connectivity index is 1.78. The Kier molecular flexibility index (Phi) is 4.62. The van der Waals surface area contributed by atoms with E-state index in [4.69, 9.17) is 5.14 Å². The van der Waals surface area contributed by atoms with Gasteiger partial charge in [-0.1, -0.05) is 0 Å². The summed E-state index contributed by atoms with van der Waals surface area (Å²) in [4.78, 5) is 12.9. The van der Waals surface area contributed by atoms with Gasteiger partial charge in [0.1, 0.15) is 5.82 Å². The maximum Gasteiger partial charge on any atom is 0.272 e. The number of sulfonamides is 1. The van der Waals surface area contributed by atoms with Crippen molar-refractivity contribution in [3.63, 3.8) is 0 Å². The Morgan fingerprint density at radius 1 is 1.23 bits per heavy atom. The summed E-state index contributed by atoms with van der Waals surface area (Å²) in [5.41, 5.74) is 1.51. The lowest BCUT2D eigenvalue weighted by atomic mass is 10.1. The molecular weight excluding hydrogens is 363 g/mol. The number of primary sulfonamides is 1. The number of H-pyrrole nitrogens is 1. The number of nitrogens with two attached hydrogens (primary N) is 1. The highest BCUT2D eigenvalue weighted by Gasteiger charge is 2.16. The first-order chi connectivity index (χ1) is 12.2. The number of fused-ring (bicyclic) bond motifs is 1. The third-order valence-corrected chi connectivity index (χ3v) is 4.78. The van der Waals surface area contributed by atoms with E-state index >= 15 is 0 Å². The van der Waals surface area contributed by atoms with Crippen molar-refractivity contribution >= 4 is 32.3 Å². The Labute approximate surface area is 148 Å². The molecule has 3 aromatic rings. The van der Waals surface area contributed by atoms with Crippen molar-refractivity contribution in [3.8, 4) is 0 Å². The zero-order chi connectivity index (χ0) is 18.9. The van der Waals surface area contributed by atoms with E-state index in [-0.39, 0.29) is 22.1 Å². The summed E-state index contributed by atoms with van der Waals surface area (Å²) in [7, 11) is -4.07. The number of aromatic nitrogens is 1. The predicted molar refractivity (Wildman–Crippen MR) is 94.9 cm³/mol. The number of nitrogens with zero attached hydrogens (tertiary/aromatic N) is 1. The van der Waals surface area contributed by atoms with Crippen LogP contribution in [0.4, 0.5) is 15.8 Å². The molecule has 26 heavy (non-hydrogen) atoms. The lowest BCUT2D eigenvalue weighted by molar-refractivity contribution is -0.385. The van der Waals surface area contributed by atoms with Crippen LogP contribution in [-0.4, -0.2) is 24.9 Å². The first-order valence-corrected chi connectivity index (χ1v) is 9.10. The highest BCUT2D eigenvalue weighted by atomic mass is 32.2. The molecule has 0 atom stereocenters. The monoisotopic (exact) mass is 378 g/mol. The van der Waals surface area contributed by atoms with Crippen molar-refractivity contribution in [2.75, 3.05) is 11.9 Å². The van der Waals surface area contributed by atoms with Crippen LogP contribution in [0.15, 0.2) is 47.5 Å². The summed E-state index contributed by atoms with van der Waals surface area (Å²) in [5.74, 6) is -0.337. The van der Waals surface area contributed by atoms with Gasteiger partial charge in [-0.3, -0.25) is 10.1 Å². The number of non-ortho nitro benzene ring substituents is 1. The minimum Gasteiger partial charge on any atom is -0.384 e. The first kappa shape index (κ1) is 17.8. The lowest BCUT2D eigenvalue weighted by Crippen LogP contribution is -2.13. The summed E-state index contributed by atoms with van der Waals surface area (Å²) in [6.45, 7) is 0.384. The molecule has 0 fully saturated rings. The zero-order valence-electron chi connectivity index (χ0n) is 13.4. The normalized spacial score (nSPS) is 11.6. The van der Waals surface area contributed by atoms with Crippen molar-refractivity contribution < 1.29 is 17.7 Å². The van der Waals surface area contributed by atoms with Crippen LogP contribution < -0.4 is 10.5 Å². The minimum atomic E-state index is -4.07. The van der Waals surface area contributed by atoms with Crippen LogP contribution in [0.3, 0.4) is 0 Å². The number of nitro groups is 1. The second-order valence-electron chi connectivity index (χ2n) is 5.70. The van der Waals surface area contributed by atoms with Gasteiger partial charge in [0.05, 0.1) is 9.82 Å². The SMILES string of the molecule is NS(=O)(=O)c1cc(NCCc2c[nH]c3cc(F)ccc23)cc([N+](=O)[O-])c1. The smallest absolute Gasteiger partial charge is 0.272 e. The lowest BCUT2D eigenvalue weighted by Gasteiger charge is -2.08. The number of hydrogen-bond acceptors (Lipinski definition) is 5. The van der Waals surface area contributed by atoms with Crippen LogP contribution in [0, 0.1) is 15.9 Å². The molecule has 4 N–H and O–H groups in total. The van der Waals surface area contributed by atoms with Gasteiger partial charge >= 0.3 is 0 Å². The van der Waals surface area contributed by atoms with Gasteiger partial charge in [0.25, 0.3) is 5.69 Å². The molecule has 136 valence electrons. The van der Waals surface area contributed by atoms with Crippen LogP contribution in [-0.2, 0) is 16.4 Å². The average molecular weight is 378 g/mol. The van der Waals surface area contributed by atoms with Crippen molar-refractivity contribution in [1.82, 2.24) is 4.98 Å². The second kappa shape index (κ2) is 6.73. The number of nitrogens with one attached hydrogen (secondary N) is 2. The third-order valence-electron chi connectivity index (χ3n) is 3.88. The molecule has 0 amide bonds. The number of hydrogen-bond donors (Lipinski definition) is 3. The van der Waals surface area contributed by atoms with Gasteiger partial charge in [0.15, 0.2) is 0 Å². The van der Waals surface area contributed by atoms with E-state index in [1.165, 1.54) is 24.3 Å². The quantitative estimate of drug-likeness (QED) is 0.448. The maximum atomic E-state index is 13.2. The molecule has 3 rings (SSSR count). The van der Waals surface area contributed by atoms with Crippen molar-refractivity contribution in [1.29, 1.82) is 0 Å². The van der Waals surface area contributed by atoms with E-state index in [0.717, 1.165) is 17.0 Å². The Morgan fingerprint density at radius 3 is 2.69 bits per heavy atom. The molecule has 8 nitrogen and oxygen atoms in total. The molecule has 10 heteroatoms. The predicted octanol–water partition coefficient (Wildman–Crippen LogP) is 2.52. The molecule has 0 aliphatic rings. The first-order valence-electron chi connectivity index (χ1n) is 7.56. The van der Waals surface area contributed by atoms with Crippen LogP contribution in [0.5, 0.6) is 0 Å². The topological polar surface area (TPSA) is 131 Å². The molecule has 2 aromatic carbocycles. The molecule has 1 aromatic heterocycles. The van der Waals surface area contributed by atoms with Gasteiger partial charge in [-0.15, -0.1) is 0 Å². The van der Waals surface area contributed by atoms with E-state index in [1.807, 2.05) is 0 Å². The largest absolute Gasteiger partial charge is 0.384 e. The molecule has 0 radical (unpaired) electrons. The maximum absolute atomic E-state index is 13.2. The zero-order valence-corrected chi connectivity index (χ0v) is 14.2. The fourth-order valence-electron chi connectivity index (χ4n) is 2.66. The van der Waals surface area contributed by atoms with Gasteiger partial charge in [0, 0.05) is 41.5 Å². The highest BCUT2D eigenvalue weighted by molar-refractivity contribution is 7.89. The molecule has 0 saturated carbocycles. The molecule has 0 saturated heterocycles. The van der Waals surface area contributed by atoms with E-state index in [9.17, 15) is 22.9 Å². The van der Waals surface area contributed by atoms with Gasteiger partial charge in [-0.25, -0.2) is 17.9 Å². The molecule has 0 spiro atoms. The molecule has 0 bridgehead atoms. The molecule has 0 aliphatic heterocycles. The van der Waals surface area contributed by atoms with Crippen LogP contribution in [0.1, 0.15) is 5.56 Å². The van der Waals surface area contributed by atoms with Crippen molar-refractivity contribution in [3.05, 3.63) is 64.1 Å². The number of rotatable bonds is 6. The van der Waals surface area contributed by atoms with E-state index in [0.29, 0.717) is 18.5 Å². The minimum absolute atomic E-state index is 0.272. The number of nitro benzene ring substituents is 1. The standard InChI is InChI=1S/C16H15FN4O4S/c17-11-1-2-15-10(9-20-16(15)5-11)3-4-19-12-6-13(21(22)23)8-14(7-12)26(18,24)25/h1-2,5-9,19-20H,3-4H2,(H2,18,24,25). The molecule has 1 heterocycles. The highest BCUT2D eigenvalue weighted by Crippen LogP contribution is 2.24. The Hall–Kier alpha value is -2.98. The summed E-state index contributed by atoms with van der Waals surface area (Å²) in [5, 5.41) is 19.9. The second-order valence-corrected chi connectivity index (χ2v) is 7.26. The third kappa shape index (κ3) is 3.81. The van der Waals surface area contributed by atoms with E-state index in [1.54, 1.807) is 12.3 Å². The summed E-state index contributed by atoms with van der Waals surface area (Å²) in [6, 6.07) is 7.82. The van der Waals surface area contributed by atoms with Crippen molar-refractivity contribution in [2.45, 2.75) is 11.3 Å². The number of benzene rings is 2. The van der Waals surface area contributed by atoms with Crippen molar-refractivity contribution in [2.24, 2.45) is 5.14 Å². The fraction of sp³-hybridized carbons (Fsp3) is 0.125. The van der Waals surface area contributed by atoms with Gasteiger partial charge < -0.3 is 10.3 Å². The molecular formula is C16H15FN4O4S. The number of halogens is 1. The van der Waals surface area contributed by atoms with E-state index in [2.05, 4.69) is 10.3 Å². The fourth-order valence-corrected chi connectivity index (χ4v) is 3.24. The Bertz CT molecular complexity index is 1090. The summed E-state index contributed by atoms with van der Waals surface area (Å²) in [6.07, 6.45) is 2.30. The van der Waals surface area contributed by atoms with Gasteiger partial charge in [-0.05, 0) is 36.2 Å². The van der Waals surface area contributed by atoms with Gasteiger partial charge in [0.2, 0.25) is 10.0 Å². The van der Waals surface area contributed by atoms with Crippen LogP contribution in [0.2, 0.25) is 0 Å². The van der Waals surface area contributed by atoms with Gasteiger partial charge in [-0.2, -0.15) is 0 Å². The Morgan fingerprint density at radius 2 is 2.00 bits per heavy atom. The summed E-state index contributed by atoms with van der Waals surface area (Å²) < 4.78 is 36.2. The molecule has 0 aliphatic carbocycles. The van der Waals surface area contributed by atoms with Crippen LogP contribution >= 0.6 is 0 Å². The van der Waals surface area contributed by atoms with E-state index < -0.39 is 14.9 Å². The number of aromatic amines is 1.